The van der Waals surface area contributed by atoms with E-state index >= 15 is 0 Å². The van der Waals surface area contributed by atoms with Crippen molar-refractivity contribution in [3.63, 3.8) is 0 Å². The smallest absolute Gasteiger partial charge is 0.164 e. The van der Waals surface area contributed by atoms with Crippen molar-refractivity contribution in [2.24, 2.45) is 5.92 Å². The van der Waals surface area contributed by atoms with Gasteiger partial charge in [-0.25, -0.2) is 0 Å². The SMILES string of the molecule is COC1(C(=O)CCCC(C)C)CCCCC1. The van der Waals surface area contributed by atoms with Gasteiger partial charge in [-0.3, -0.25) is 4.79 Å². The molecule has 1 saturated carbocycles. The first-order chi connectivity index (χ1) is 7.60. The number of ketones is 1. The van der Waals surface area contributed by atoms with Crippen LogP contribution in [0, 0.1) is 5.92 Å². The van der Waals surface area contributed by atoms with Crippen molar-refractivity contribution in [1.82, 2.24) is 0 Å². The summed E-state index contributed by atoms with van der Waals surface area (Å²) in [6.45, 7) is 4.41. The zero-order valence-corrected chi connectivity index (χ0v) is 11.1. The average Bonchev–Trinajstić information content (AvgIpc) is 2.29. The number of hydrogen-bond donors (Lipinski definition) is 0. The highest BCUT2D eigenvalue weighted by Gasteiger charge is 2.38. The highest BCUT2D eigenvalue weighted by Crippen LogP contribution is 2.33. The largest absolute Gasteiger partial charge is 0.370 e. The minimum absolute atomic E-state index is 0.343. The van der Waals surface area contributed by atoms with Crippen molar-refractivity contribution < 1.29 is 9.53 Å². The number of carbonyl (C=O) groups is 1. The third-order valence-corrected chi connectivity index (χ3v) is 3.75. The summed E-state index contributed by atoms with van der Waals surface area (Å²) in [7, 11) is 1.70. The summed E-state index contributed by atoms with van der Waals surface area (Å²) in [4.78, 5) is 12.2. The van der Waals surface area contributed by atoms with Crippen LogP contribution in [0.1, 0.15) is 65.2 Å². The Labute approximate surface area is 99.8 Å². The lowest BCUT2D eigenvalue weighted by atomic mass is 9.80. The van der Waals surface area contributed by atoms with E-state index in [0.717, 1.165) is 38.5 Å². The molecule has 0 aromatic heterocycles. The summed E-state index contributed by atoms with van der Waals surface area (Å²) in [6.07, 6.45) is 8.27. The van der Waals surface area contributed by atoms with Gasteiger partial charge in [0.25, 0.3) is 0 Å². The summed E-state index contributed by atoms with van der Waals surface area (Å²) in [5.41, 5.74) is -0.421. The minimum atomic E-state index is -0.421. The van der Waals surface area contributed by atoms with Gasteiger partial charge in [-0.05, 0) is 25.2 Å². The number of methoxy groups -OCH3 is 1. The molecule has 0 heterocycles. The van der Waals surface area contributed by atoms with Crippen LogP contribution in [0.5, 0.6) is 0 Å². The first kappa shape index (κ1) is 13.7. The topological polar surface area (TPSA) is 26.3 Å². The summed E-state index contributed by atoms with van der Waals surface area (Å²) >= 11 is 0. The van der Waals surface area contributed by atoms with Crippen LogP contribution >= 0.6 is 0 Å². The zero-order valence-electron chi connectivity index (χ0n) is 11.1. The first-order valence-electron chi connectivity index (χ1n) is 6.69. The maximum Gasteiger partial charge on any atom is 0.164 e. The fraction of sp³-hybridized carbons (Fsp3) is 0.929. The van der Waals surface area contributed by atoms with Gasteiger partial charge in [0.2, 0.25) is 0 Å². The van der Waals surface area contributed by atoms with E-state index in [0.29, 0.717) is 18.1 Å². The summed E-state index contributed by atoms with van der Waals surface area (Å²) in [5.74, 6) is 1.04. The predicted octanol–water partition coefficient (Wildman–Crippen LogP) is 3.73. The van der Waals surface area contributed by atoms with Crippen LogP contribution in [0.15, 0.2) is 0 Å². The Hall–Kier alpha value is -0.370. The third kappa shape index (κ3) is 3.58. The third-order valence-electron chi connectivity index (χ3n) is 3.75. The second-order valence-electron chi connectivity index (χ2n) is 5.47. The number of ether oxygens (including phenoxy) is 1. The van der Waals surface area contributed by atoms with Crippen LogP contribution < -0.4 is 0 Å². The Morgan fingerprint density at radius 2 is 1.88 bits per heavy atom. The van der Waals surface area contributed by atoms with Crippen molar-refractivity contribution in [3.05, 3.63) is 0 Å². The molecular formula is C14H26O2. The van der Waals surface area contributed by atoms with E-state index in [4.69, 9.17) is 4.74 Å². The maximum atomic E-state index is 12.2. The average molecular weight is 226 g/mol. The monoisotopic (exact) mass is 226 g/mol. The van der Waals surface area contributed by atoms with Gasteiger partial charge in [0, 0.05) is 13.5 Å². The summed E-state index contributed by atoms with van der Waals surface area (Å²) in [6, 6.07) is 0. The normalized spacial score (nSPS) is 20.0. The molecule has 0 spiro atoms. The van der Waals surface area contributed by atoms with E-state index in [1.807, 2.05) is 0 Å². The van der Waals surface area contributed by atoms with Gasteiger partial charge in [-0.15, -0.1) is 0 Å². The molecule has 2 heteroatoms. The van der Waals surface area contributed by atoms with E-state index in [1.165, 1.54) is 6.42 Å². The van der Waals surface area contributed by atoms with Gasteiger partial charge in [0.05, 0.1) is 0 Å². The molecule has 0 aliphatic heterocycles. The van der Waals surface area contributed by atoms with Gasteiger partial charge in [-0.1, -0.05) is 39.5 Å². The Kier molecular flexibility index (Phi) is 5.47. The van der Waals surface area contributed by atoms with Crippen LogP contribution in [0.25, 0.3) is 0 Å². The van der Waals surface area contributed by atoms with Crippen molar-refractivity contribution >= 4 is 5.78 Å². The van der Waals surface area contributed by atoms with Crippen LogP contribution in [0.2, 0.25) is 0 Å². The second-order valence-corrected chi connectivity index (χ2v) is 5.47. The lowest BCUT2D eigenvalue weighted by Gasteiger charge is -2.34. The lowest BCUT2D eigenvalue weighted by molar-refractivity contribution is -0.145. The van der Waals surface area contributed by atoms with Gasteiger partial charge in [0.15, 0.2) is 5.78 Å². The molecule has 0 unspecified atom stereocenters. The molecule has 0 amide bonds. The van der Waals surface area contributed by atoms with Crippen LogP contribution in [0.3, 0.4) is 0 Å². The van der Waals surface area contributed by atoms with Gasteiger partial charge < -0.3 is 4.74 Å². The second kappa shape index (κ2) is 6.39. The highest BCUT2D eigenvalue weighted by molar-refractivity contribution is 5.87. The van der Waals surface area contributed by atoms with Crippen molar-refractivity contribution in [2.45, 2.75) is 70.8 Å². The quantitative estimate of drug-likeness (QED) is 0.689. The Morgan fingerprint density at radius 1 is 1.25 bits per heavy atom. The zero-order chi connectivity index (χ0) is 12.0. The molecule has 16 heavy (non-hydrogen) atoms. The summed E-state index contributed by atoms with van der Waals surface area (Å²) < 4.78 is 5.55. The fourth-order valence-corrected chi connectivity index (χ4v) is 2.62. The Morgan fingerprint density at radius 3 is 2.38 bits per heavy atom. The Bertz CT molecular complexity index is 215. The molecule has 0 saturated heterocycles. The first-order valence-corrected chi connectivity index (χ1v) is 6.69. The molecule has 1 aliphatic rings. The summed E-state index contributed by atoms with van der Waals surface area (Å²) in [5, 5.41) is 0. The van der Waals surface area contributed by atoms with E-state index in [2.05, 4.69) is 13.8 Å². The number of Topliss-reactive ketones (excluding diaryl/α,β-unsaturated/α-hetero) is 1. The molecule has 0 aromatic rings. The highest BCUT2D eigenvalue weighted by atomic mass is 16.5. The lowest BCUT2D eigenvalue weighted by Crippen LogP contribution is -2.42. The van der Waals surface area contributed by atoms with Gasteiger partial charge in [0.1, 0.15) is 5.60 Å². The molecule has 0 aromatic carbocycles. The van der Waals surface area contributed by atoms with Crippen molar-refractivity contribution in [3.8, 4) is 0 Å². The fourth-order valence-electron chi connectivity index (χ4n) is 2.62. The van der Waals surface area contributed by atoms with Crippen LogP contribution in [-0.4, -0.2) is 18.5 Å². The van der Waals surface area contributed by atoms with Crippen molar-refractivity contribution in [2.75, 3.05) is 7.11 Å². The van der Waals surface area contributed by atoms with Gasteiger partial charge in [-0.2, -0.15) is 0 Å². The standard InChI is InChI=1S/C14H26O2/c1-12(2)8-7-9-13(15)14(16-3)10-5-4-6-11-14/h12H,4-11H2,1-3H3. The van der Waals surface area contributed by atoms with Crippen LogP contribution in [0.4, 0.5) is 0 Å². The molecule has 0 N–H and O–H groups in total. The van der Waals surface area contributed by atoms with E-state index in [-0.39, 0.29) is 0 Å². The Balaban J connectivity index is 2.42. The predicted molar refractivity (Wildman–Crippen MR) is 66.5 cm³/mol. The number of rotatable bonds is 6. The molecule has 2 nitrogen and oxygen atoms in total. The number of hydrogen-bond acceptors (Lipinski definition) is 2. The van der Waals surface area contributed by atoms with E-state index in [1.54, 1.807) is 7.11 Å². The van der Waals surface area contributed by atoms with E-state index in [9.17, 15) is 4.79 Å². The molecule has 1 rings (SSSR count). The molecule has 0 radical (unpaired) electrons. The van der Waals surface area contributed by atoms with Gasteiger partial charge >= 0.3 is 0 Å². The molecule has 0 bridgehead atoms. The molecular weight excluding hydrogens is 200 g/mol. The maximum absolute atomic E-state index is 12.2. The minimum Gasteiger partial charge on any atom is -0.370 e. The number of carbonyl (C=O) groups excluding carboxylic acids is 1. The van der Waals surface area contributed by atoms with Crippen LogP contribution in [-0.2, 0) is 9.53 Å². The van der Waals surface area contributed by atoms with E-state index < -0.39 is 5.60 Å². The molecule has 1 fully saturated rings. The molecule has 1 aliphatic carbocycles. The van der Waals surface area contributed by atoms with Crippen molar-refractivity contribution in [1.29, 1.82) is 0 Å². The molecule has 94 valence electrons. The molecule has 0 atom stereocenters.